The molecule has 0 radical (unpaired) electrons. The van der Waals surface area contributed by atoms with E-state index in [1.54, 1.807) is 14.2 Å². The minimum absolute atomic E-state index is 0.115. The molecule has 0 aliphatic carbocycles. The number of carbonyl (C=O) groups excluding carboxylic acids is 1. The third-order valence-electron chi connectivity index (χ3n) is 6.17. The molecular weight excluding hydrogens is 444 g/mol. The number of carbonyl (C=O) groups is 1. The van der Waals surface area contributed by atoms with Gasteiger partial charge < -0.3 is 29.3 Å². The van der Waals surface area contributed by atoms with Crippen LogP contribution in [0.4, 0.5) is 16.2 Å². The van der Waals surface area contributed by atoms with Gasteiger partial charge in [-0.1, -0.05) is 18.2 Å². The van der Waals surface area contributed by atoms with Gasteiger partial charge in [0.1, 0.15) is 17.3 Å². The number of hydrogen-bond acceptors (Lipinski definition) is 6. The maximum absolute atomic E-state index is 13.0. The van der Waals surface area contributed by atoms with E-state index in [0.717, 1.165) is 41.5 Å². The molecule has 0 atom stereocenters. The van der Waals surface area contributed by atoms with Crippen LogP contribution in [-0.4, -0.2) is 62.1 Å². The van der Waals surface area contributed by atoms with E-state index in [-0.39, 0.29) is 6.03 Å². The van der Waals surface area contributed by atoms with Crippen molar-refractivity contribution in [1.82, 2.24) is 9.80 Å². The molecule has 0 spiro atoms. The molecule has 0 aromatic heterocycles. The number of rotatable bonds is 3. The zero-order chi connectivity index (χ0) is 24.2. The molecule has 8 nitrogen and oxygen atoms in total. The Morgan fingerprint density at radius 3 is 2.54 bits per heavy atom. The van der Waals surface area contributed by atoms with E-state index in [0.29, 0.717) is 36.9 Å². The van der Waals surface area contributed by atoms with Crippen molar-refractivity contribution in [1.29, 1.82) is 0 Å². The number of benzene rings is 3. The normalized spacial score (nSPS) is 15.0. The lowest BCUT2D eigenvalue weighted by Gasteiger charge is -2.25. The SMILES string of the molecule is COc1ccc(NC(=O)N2CCCN(C3=Nc4ccccc4Oc4c(OC)cccc43)CC2)cc1. The molecule has 1 fully saturated rings. The summed E-state index contributed by atoms with van der Waals surface area (Å²) in [6, 6.07) is 20.8. The summed E-state index contributed by atoms with van der Waals surface area (Å²) in [6.07, 6.45) is 0.816. The zero-order valence-electron chi connectivity index (χ0n) is 19.9. The Hall–Kier alpha value is -4.20. The van der Waals surface area contributed by atoms with Crippen molar-refractivity contribution in [3.8, 4) is 23.0 Å². The number of urea groups is 1. The molecule has 2 aliphatic rings. The van der Waals surface area contributed by atoms with E-state index in [2.05, 4.69) is 10.2 Å². The number of anilines is 1. The first kappa shape index (κ1) is 22.6. The highest BCUT2D eigenvalue weighted by Gasteiger charge is 2.27. The summed E-state index contributed by atoms with van der Waals surface area (Å²) >= 11 is 0. The van der Waals surface area contributed by atoms with Gasteiger partial charge in [-0.3, -0.25) is 0 Å². The van der Waals surface area contributed by atoms with E-state index in [9.17, 15) is 4.79 Å². The third kappa shape index (κ3) is 4.73. The van der Waals surface area contributed by atoms with Crippen LogP contribution in [0.2, 0.25) is 0 Å². The fourth-order valence-corrected chi connectivity index (χ4v) is 4.33. The number of nitrogens with one attached hydrogen (secondary N) is 1. The highest BCUT2D eigenvalue weighted by atomic mass is 16.5. The van der Waals surface area contributed by atoms with Crippen molar-refractivity contribution in [2.75, 3.05) is 45.7 Å². The van der Waals surface area contributed by atoms with Gasteiger partial charge in [0, 0.05) is 31.9 Å². The van der Waals surface area contributed by atoms with E-state index >= 15 is 0 Å². The van der Waals surface area contributed by atoms with E-state index in [1.165, 1.54) is 0 Å². The van der Waals surface area contributed by atoms with Crippen LogP contribution in [0.3, 0.4) is 0 Å². The molecule has 2 aliphatic heterocycles. The summed E-state index contributed by atoms with van der Waals surface area (Å²) in [5.74, 6) is 3.56. The quantitative estimate of drug-likeness (QED) is 0.572. The van der Waals surface area contributed by atoms with Crippen molar-refractivity contribution >= 4 is 23.2 Å². The van der Waals surface area contributed by atoms with Crippen LogP contribution in [0.1, 0.15) is 12.0 Å². The van der Waals surface area contributed by atoms with Gasteiger partial charge in [0.15, 0.2) is 17.2 Å². The van der Waals surface area contributed by atoms with Crippen molar-refractivity contribution < 1.29 is 19.0 Å². The number of fused-ring (bicyclic) bond motifs is 2. The Morgan fingerprint density at radius 2 is 1.74 bits per heavy atom. The van der Waals surface area contributed by atoms with Crippen molar-refractivity contribution in [2.45, 2.75) is 6.42 Å². The summed E-state index contributed by atoms with van der Waals surface area (Å²) in [6.45, 7) is 2.64. The van der Waals surface area contributed by atoms with Crippen molar-refractivity contribution in [3.05, 3.63) is 72.3 Å². The van der Waals surface area contributed by atoms with Gasteiger partial charge in [-0.05, 0) is 55.0 Å². The standard InChI is InChI=1S/C27H28N4O4/c1-33-20-13-11-19(12-14-20)28-27(32)31-16-6-15-30(17-18-31)26-21-7-5-10-24(34-2)25(21)35-23-9-4-3-8-22(23)29-26/h3-5,7-14H,6,15-18H2,1-2H3,(H,28,32). The monoisotopic (exact) mass is 472 g/mol. The Bertz CT molecular complexity index is 1240. The third-order valence-corrected chi connectivity index (χ3v) is 6.17. The first-order chi connectivity index (χ1) is 17.2. The summed E-state index contributed by atoms with van der Waals surface area (Å²) < 4.78 is 17.1. The molecule has 1 saturated heterocycles. The number of nitrogens with zero attached hydrogens (tertiary/aromatic N) is 3. The topological polar surface area (TPSA) is 75.6 Å². The zero-order valence-corrected chi connectivity index (χ0v) is 19.9. The van der Waals surface area contributed by atoms with Gasteiger partial charge in [0.05, 0.1) is 19.8 Å². The number of ether oxygens (including phenoxy) is 3. The molecule has 2 heterocycles. The minimum atomic E-state index is -0.115. The van der Waals surface area contributed by atoms with E-state index in [4.69, 9.17) is 19.2 Å². The van der Waals surface area contributed by atoms with Crippen molar-refractivity contribution in [2.24, 2.45) is 4.99 Å². The number of methoxy groups -OCH3 is 2. The second kappa shape index (κ2) is 9.97. The van der Waals surface area contributed by atoms with Gasteiger partial charge in [0.25, 0.3) is 0 Å². The number of amidine groups is 1. The molecule has 2 amide bonds. The lowest BCUT2D eigenvalue weighted by Crippen LogP contribution is -2.39. The average molecular weight is 473 g/mol. The Kier molecular flexibility index (Phi) is 6.43. The Balaban J connectivity index is 1.37. The first-order valence-corrected chi connectivity index (χ1v) is 11.6. The first-order valence-electron chi connectivity index (χ1n) is 11.6. The van der Waals surface area contributed by atoms with E-state index in [1.807, 2.05) is 71.6 Å². The smallest absolute Gasteiger partial charge is 0.321 e. The van der Waals surface area contributed by atoms with Crippen LogP contribution in [0, 0.1) is 0 Å². The average Bonchev–Trinajstić information content (AvgIpc) is 3.24. The van der Waals surface area contributed by atoms with Crippen molar-refractivity contribution in [3.63, 3.8) is 0 Å². The van der Waals surface area contributed by atoms with Crippen LogP contribution in [0.25, 0.3) is 0 Å². The minimum Gasteiger partial charge on any atom is -0.497 e. The number of hydrogen-bond donors (Lipinski definition) is 1. The molecule has 180 valence electrons. The molecule has 5 rings (SSSR count). The Labute approximate surface area is 204 Å². The second-order valence-corrected chi connectivity index (χ2v) is 8.33. The predicted molar refractivity (Wildman–Crippen MR) is 135 cm³/mol. The van der Waals surface area contributed by atoms with Crippen LogP contribution in [0.5, 0.6) is 23.0 Å². The Morgan fingerprint density at radius 1 is 0.914 bits per heavy atom. The molecule has 0 bridgehead atoms. The second-order valence-electron chi connectivity index (χ2n) is 8.33. The summed E-state index contributed by atoms with van der Waals surface area (Å²) in [5, 5.41) is 2.98. The molecule has 0 saturated carbocycles. The van der Waals surface area contributed by atoms with Gasteiger partial charge in [-0.15, -0.1) is 0 Å². The fraction of sp³-hybridized carbons (Fsp3) is 0.259. The van der Waals surface area contributed by atoms with Crippen LogP contribution in [-0.2, 0) is 0 Å². The largest absolute Gasteiger partial charge is 0.497 e. The lowest BCUT2D eigenvalue weighted by molar-refractivity contribution is 0.214. The van der Waals surface area contributed by atoms with E-state index < -0.39 is 0 Å². The number of amides is 2. The summed E-state index contributed by atoms with van der Waals surface area (Å²) in [7, 11) is 3.26. The van der Waals surface area contributed by atoms with Crippen LogP contribution >= 0.6 is 0 Å². The molecule has 8 heteroatoms. The summed E-state index contributed by atoms with van der Waals surface area (Å²) in [4.78, 5) is 22.0. The van der Waals surface area contributed by atoms with Crippen LogP contribution in [0.15, 0.2) is 71.7 Å². The van der Waals surface area contributed by atoms with Gasteiger partial charge >= 0.3 is 6.03 Å². The lowest BCUT2D eigenvalue weighted by atomic mass is 10.1. The maximum Gasteiger partial charge on any atom is 0.321 e. The fourth-order valence-electron chi connectivity index (χ4n) is 4.33. The molecular formula is C27H28N4O4. The molecule has 3 aromatic carbocycles. The van der Waals surface area contributed by atoms with Crippen LogP contribution < -0.4 is 19.5 Å². The maximum atomic E-state index is 13.0. The molecule has 0 unspecified atom stereocenters. The summed E-state index contributed by atoms with van der Waals surface area (Å²) in [5.41, 5.74) is 2.37. The number of aliphatic imine (C=N–C) groups is 1. The van der Waals surface area contributed by atoms with Gasteiger partial charge in [-0.25, -0.2) is 9.79 Å². The highest BCUT2D eigenvalue weighted by molar-refractivity contribution is 6.04. The molecule has 3 aromatic rings. The number of para-hydroxylation sites is 3. The highest BCUT2D eigenvalue weighted by Crippen LogP contribution is 2.42. The van der Waals surface area contributed by atoms with Gasteiger partial charge in [-0.2, -0.15) is 0 Å². The van der Waals surface area contributed by atoms with Gasteiger partial charge in [0.2, 0.25) is 0 Å². The predicted octanol–water partition coefficient (Wildman–Crippen LogP) is 5.13. The molecule has 35 heavy (non-hydrogen) atoms. The molecule has 1 N–H and O–H groups in total.